The Kier molecular flexibility index (Phi) is 7.62. The zero-order chi connectivity index (χ0) is 29.3. The molecule has 5 fully saturated rings. The summed E-state index contributed by atoms with van der Waals surface area (Å²) in [6.07, 6.45) is 7.14. The maximum Gasteiger partial charge on any atom is 0.331 e. The molecule has 6 rings (SSSR count). The average molecular weight is 577 g/mol. The van der Waals surface area contributed by atoms with Crippen molar-refractivity contribution in [1.82, 2.24) is 0 Å². The second-order valence-corrected chi connectivity index (χ2v) is 14.3. The van der Waals surface area contributed by atoms with Gasteiger partial charge in [0.1, 0.15) is 18.8 Å². The molecule has 230 valence electrons. The zero-order valence-corrected chi connectivity index (χ0v) is 25.2. The van der Waals surface area contributed by atoms with Gasteiger partial charge < -0.3 is 33.9 Å². The van der Waals surface area contributed by atoms with Crippen LogP contribution in [0.1, 0.15) is 85.5 Å². The maximum absolute atomic E-state index is 12.7. The number of cyclic esters (lactones) is 1. The quantitative estimate of drug-likeness (QED) is 0.373. The number of hydrogen-bond donors (Lipinski definition) is 2. The van der Waals surface area contributed by atoms with Crippen molar-refractivity contribution in [2.45, 2.75) is 128 Å². The van der Waals surface area contributed by atoms with Crippen molar-refractivity contribution in [3.8, 4) is 0 Å². The first kappa shape index (κ1) is 29.5. The first-order valence-corrected chi connectivity index (χ1v) is 15.7. The van der Waals surface area contributed by atoms with Gasteiger partial charge in [-0.25, -0.2) is 4.79 Å². The predicted octanol–water partition coefficient (Wildman–Crippen LogP) is 3.68. The molecular weight excluding hydrogens is 528 g/mol. The Morgan fingerprint density at radius 3 is 2.54 bits per heavy atom. The third-order valence-corrected chi connectivity index (χ3v) is 12.5. The number of ether oxygens (including phenoxy) is 5. The molecule has 4 saturated carbocycles. The van der Waals surface area contributed by atoms with Gasteiger partial charge in [0.05, 0.1) is 23.9 Å². The van der Waals surface area contributed by atoms with Crippen LogP contribution < -0.4 is 0 Å². The number of hydrogen-bond acceptors (Lipinski definition) is 9. The molecule has 2 N–H and O–H groups in total. The van der Waals surface area contributed by atoms with Gasteiger partial charge in [0.25, 0.3) is 0 Å². The minimum absolute atomic E-state index is 0.0898. The number of fused-ring (bicyclic) bond motifs is 5. The van der Waals surface area contributed by atoms with Crippen LogP contribution in [0.5, 0.6) is 0 Å². The molecular formula is C32H48O9. The van der Waals surface area contributed by atoms with E-state index in [4.69, 9.17) is 23.7 Å². The molecule has 1 saturated heterocycles. The Bertz CT molecular complexity index is 1080. The maximum atomic E-state index is 12.7. The normalized spacial score (nSPS) is 51.2. The van der Waals surface area contributed by atoms with Crippen molar-refractivity contribution in [2.75, 3.05) is 13.7 Å². The summed E-state index contributed by atoms with van der Waals surface area (Å²) < 4.78 is 29.1. The first-order chi connectivity index (χ1) is 19.4. The highest BCUT2D eigenvalue weighted by molar-refractivity contribution is 5.85. The van der Waals surface area contributed by atoms with Gasteiger partial charge >= 0.3 is 11.9 Å². The summed E-state index contributed by atoms with van der Waals surface area (Å²) in [4.78, 5) is 24.2. The van der Waals surface area contributed by atoms with Gasteiger partial charge in [-0.05, 0) is 80.6 Å². The third kappa shape index (κ3) is 4.69. The van der Waals surface area contributed by atoms with Crippen LogP contribution in [0.25, 0.3) is 0 Å². The highest BCUT2D eigenvalue weighted by atomic mass is 16.7. The minimum Gasteiger partial charge on any atom is -0.462 e. The summed E-state index contributed by atoms with van der Waals surface area (Å²) in [5.41, 5.74) is -0.559. The van der Waals surface area contributed by atoms with Crippen molar-refractivity contribution in [3.63, 3.8) is 0 Å². The van der Waals surface area contributed by atoms with E-state index in [1.54, 1.807) is 13.2 Å². The lowest BCUT2D eigenvalue weighted by Crippen LogP contribution is -2.62. The molecule has 10 unspecified atom stereocenters. The molecule has 0 spiro atoms. The number of aliphatic hydroxyl groups excluding tert-OH is 1. The predicted molar refractivity (Wildman–Crippen MR) is 147 cm³/mol. The van der Waals surface area contributed by atoms with Crippen molar-refractivity contribution >= 4 is 11.9 Å². The molecule has 13 atom stereocenters. The Balaban J connectivity index is 1.19. The van der Waals surface area contributed by atoms with Crippen molar-refractivity contribution in [1.29, 1.82) is 0 Å². The monoisotopic (exact) mass is 576 g/mol. The summed E-state index contributed by atoms with van der Waals surface area (Å²) in [5, 5.41) is 23.0. The third-order valence-electron chi connectivity index (χ3n) is 12.5. The number of carbonyl (C=O) groups is 2. The van der Waals surface area contributed by atoms with Gasteiger partial charge in [0.15, 0.2) is 6.29 Å². The molecule has 6 aliphatic rings. The highest BCUT2D eigenvalue weighted by Gasteiger charge is 2.71. The van der Waals surface area contributed by atoms with Gasteiger partial charge in [-0.3, -0.25) is 4.79 Å². The number of rotatable bonds is 5. The van der Waals surface area contributed by atoms with E-state index in [1.165, 1.54) is 6.92 Å². The first-order valence-electron chi connectivity index (χ1n) is 15.7. The van der Waals surface area contributed by atoms with Crippen LogP contribution in [0.3, 0.4) is 0 Å². The van der Waals surface area contributed by atoms with E-state index in [0.29, 0.717) is 24.7 Å². The van der Waals surface area contributed by atoms with Gasteiger partial charge in [-0.15, -0.1) is 0 Å². The highest BCUT2D eigenvalue weighted by Crippen LogP contribution is 2.70. The Morgan fingerprint density at radius 2 is 1.85 bits per heavy atom. The smallest absolute Gasteiger partial charge is 0.331 e. The SMILES string of the molecule is COC1CC(OC2CC[C@@]3(C)C(CCC4C3CC[C@]3(C)C(C5=CC(=O)OC5)C(OC(C)=O)C[C@]43O)C2)OC(C)C1O. The standard InChI is InChI=1S/C32H48O9/c1-17-29(35)24(37-5)14-27(39-17)41-21-8-10-30(3)20(13-21)6-7-23-22(30)9-11-31(4)28(19-12-26(34)38-16-19)25(40-18(2)33)15-32(23,31)36/h12,17,20-25,27-29,35-36H,6-11,13-16H2,1-5H3/t17?,20?,21?,22?,23?,24?,25?,27?,28?,29?,30-,31+,32-/m0/s1. The second-order valence-electron chi connectivity index (χ2n) is 14.3. The number of aliphatic hydroxyl groups is 2. The summed E-state index contributed by atoms with van der Waals surface area (Å²) in [6, 6.07) is 0. The van der Waals surface area contributed by atoms with E-state index < -0.39 is 23.2 Å². The summed E-state index contributed by atoms with van der Waals surface area (Å²) in [5.74, 6) is 0.0175. The Labute approximate surface area is 243 Å². The fourth-order valence-corrected chi connectivity index (χ4v) is 10.4. The van der Waals surface area contributed by atoms with Crippen LogP contribution in [-0.2, 0) is 33.3 Å². The molecule has 0 bridgehead atoms. The van der Waals surface area contributed by atoms with Crippen molar-refractivity contribution < 1.29 is 43.5 Å². The molecule has 2 aliphatic heterocycles. The van der Waals surface area contributed by atoms with E-state index in [2.05, 4.69) is 13.8 Å². The van der Waals surface area contributed by atoms with Crippen molar-refractivity contribution in [2.24, 2.45) is 34.5 Å². The zero-order valence-electron chi connectivity index (χ0n) is 25.2. The number of methoxy groups -OCH3 is 1. The van der Waals surface area contributed by atoms with Gasteiger partial charge in [-0.1, -0.05) is 13.8 Å². The lowest BCUT2D eigenvalue weighted by Gasteiger charge is -2.63. The fraction of sp³-hybridized carbons (Fsp3) is 0.875. The van der Waals surface area contributed by atoms with Crippen molar-refractivity contribution in [3.05, 3.63) is 11.6 Å². The Morgan fingerprint density at radius 1 is 1.07 bits per heavy atom. The molecule has 9 heteroatoms. The van der Waals surface area contributed by atoms with E-state index in [0.717, 1.165) is 50.5 Å². The summed E-state index contributed by atoms with van der Waals surface area (Å²) in [7, 11) is 1.62. The van der Waals surface area contributed by atoms with E-state index in [-0.39, 0.29) is 60.4 Å². The van der Waals surface area contributed by atoms with Crippen LogP contribution >= 0.6 is 0 Å². The average Bonchev–Trinajstić information content (AvgIpc) is 3.42. The van der Waals surface area contributed by atoms with Gasteiger partial charge in [-0.2, -0.15) is 0 Å². The largest absolute Gasteiger partial charge is 0.462 e. The summed E-state index contributed by atoms with van der Waals surface area (Å²) in [6.45, 7) is 8.06. The van der Waals surface area contributed by atoms with E-state index in [1.807, 2.05) is 6.92 Å². The fourth-order valence-electron chi connectivity index (χ4n) is 10.4. The Hall–Kier alpha value is -1.52. The molecule has 0 aromatic carbocycles. The molecule has 41 heavy (non-hydrogen) atoms. The molecule has 0 radical (unpaired) electrons. The van der Waals surface area contributed by atoms with Crippen LogP contribution in [0.15, 0.2) is 11.6 Å². The molecule has 4 aliphatic carbocycles. The molecule has 2 heterocycles. The van der Waals surface area contributed by atoms with Gasteiger partial charge in [0, 0.05) is 44.3 Å². The van der Waals surface area contributed by atoms with Gasteiger partial charge in [0.2, 0.25) is 0 Å². The van der Waals surface area contributed by atoms with Crippen LogP contribution in [-0.4, -0.2) is 78.3 Å². The second kappa shape index (κ2) is 10.6. The van der Waals surface area contributed by atoms with Crippen LogP contribution in [0.2, 0.25) is 0 Å². The number of esters is 2. The van der Waals surface area contributed by atoms with E-state index >= 15 is 0 Å². The lowest BCUT2D eigenvalue weighted by molar-refractivity contribution is -0.273. The molecule has 0 aromatic heterocycles. The topological polar surface area (TPSA) is 121 Å². The number of carbonyl (C=O) groups excluding carboxylic acids is 2. The minimum atomic E-state index is -0.990. The summed E-state index contributed by atoms with van der Waals surface area (Å²) >= 11 is 0. The molecule has 9 nitrogen and oxygen atoms in total. The van der Waals surface area contributed by atoms with Crippen LogP contribution in [0.4, 0.5) is 0 Å². The molecule has 0 amide bonds. The molecule has 0 aromatic rings. The van der Waals surface area contributed by atoms with Crippen LogP contribution in [0, 0.1) is 34.5 Å². The van der Waals surface area contributed by atoms with E-state index in [9.17, 15) is 19.8 Å². The lowest BCUT2D eigenvalue weighted by atomic mass is 9.43.